The number of carbonyl (C=O) groups is 3. The molecule has 2 fully saturated rings. The summed E-state index contributed by atoms with van der Waals surface area (Å²) in [7, 11) is 0. The van der Waals surface area contributed by atoms with E-state index < -0.39 is 11.0 Å². The summed E-state index contributed by atoms with van der Waals surface area (Å²) in [4.78, 5) is 45.4. The summed E-state index contributed by atoms with van der Waals surface area (Å²) in [5, 5.41) is 4.84. The van der Waals surface area contributed by atoms with Crippen LogP contribution in [-0.4, -0.2) is 70.2 Å². The van der Waals surface area contributed by atoms with Crippen molar-refractivity contribution in [1.29, 1.82) is 0 Å². The number of ether oxygens (including phenoxy) is 1. The number of para-hydroxylation sites is 1. The standard InChI is InChI=1S/C37H42ClN5O4/c1-5-6-7-8-11-18-42-29(22-26-21-27(38)14-15-31(26)42)23-43-32-13-10-9-12-30(32)37(33(43)44)24-41(25-37)34(45)39-28-16-19-40(20-17-28)35(46)47-36(2,3)4/h5,9-10,12-15,21-22,28H,1,8,11,16-20,23-25H2,2-4H3,(H,39,45). The number of unbranched alkanes of at least 4 members (excludes halogenated alkanes) is 1. The summed E-state index contributed by atoms with van der Waals surface area (Å²) in [6, 6.07) is 15.7. The van der Waals surface area contributed by atoms with Crippen LogP contribution in [0.4, 0.5) is 15.3 Å². The first-order chi connectivity index (χ1) is 22.5. The number of rotatable bonds is 6. The van der Waals surface area contributed by atoms with Crippen molar-refractivity contribution < 1.29 is 19.1 Å². The maximum absolute atomic E-state index is 14.3. The first-order valence-corrected chi connectivity index (χ1v) is 16.7. The summed E-state index contributed by atoms with van der Waals surface area (Å²) >= 11 is 6.35. The Kier molecular flexibility index (Phi) is 8.99. The van der Waals surface area contributed by atoms with E-state index in [2.05, 4.69) is 34.4 Å². The number of aryl methyl sites for hydroxylation is 1. The lowest BCUT2D eigenvalue weighted by Crippen LogP contribution is -2.67. The van der Waals surface area contributed by atoms with E-state index in [1.807, 2.05) is 68.1 Å². The summed E-state index contributed by atoms with van der Waals surface area (Å²) in [5.74, 6) is 6.05. The summed E-state index contributed by atoms with van der Waals surface area (Å²) in [5.41, 5.74) is 2.62. The van der Waals surface area contributed by atoms with Gasteiger partial charge in [-0.25, -0.2) is 9.59 Å². The Hall–Kier alpha value is -4.42. The first-order valence-electron chi connectivity index (χ1n) is 16.3. The molecule has 0 aliphatic carbocycles. The molecule has 2 saturated heterocycles. The van der Waals surface area contributed by atoms with Gasteiger partial charge in [0.15, 0.2) is 0 Å². The van der Waals surface area contributed by atoms with E-state index >= 15 is 0 Å². The second-order valence-corrected chi connectivity index (χ2v) is 14.1. The highest BCUT2D eigenvalue weighted by atomic mass is 35.5. The molecule has 4 heterocycles. The lowest BCUT2D eigenvalue weighted by molar-refractivity contribution is -0.127. The normalized spacial score (nSPS) is 17.3. The summed E-state index contributed by atoms with van der Waals surface area (Å²) < 4.78 is 7.75. The van der Waals surface area contributed by atoms with Crippen molar-refractivity contribution in [2.75, 3.05) is 31.1 Å². The number of nitrogens with one attached hydrogen (secondary N) is 1. The molecule has 1 aromatic heterocycles. The number of urea groups is 1. The van der Waals surface area contributed by atoms with Crippen molar-refractivity contribution in [3.05, 3.63) is 77.5 Å². The third kappa shape index (κ3) is 6.57. The smallest absolute Gasteiger partial charge is 0.410 e. The van der Waals surface area contributed by atoms with Crippen LogP contribution in [0.15, 0.2) is 61.2 Å². The van der Waals surface area contributed by atoms with Gasteiger partial charge in [0, 0.05) is 72.5 Å². The number of amides is 4. The van der Waals surface area contributed by atoms with Crippen LogP contribution >= 0.6 is 11.6 Å². The molecule has 0 saturated carbocycles. The molecule has 3 aliphatic heterocycles. The van der Waals surface area contributed by atoms with Crippen molar-refractivity contribution in [1.82, 2.24) is 19.7 Å². The Morgan fingerprint density at radius 3 is 2.57 bits per heavy atom. The van der Waals surface area contributed by atoms with Gasteiger partial charge in [-0.1, -0.05) is 48.2 Å². The Labute approximate surface area is 281 Å². The minimum absolute atomic E-state index is 0.0140. The van der Waals surface area contributed by atoms with Crippen molar-refractivity contribution in [3.63, 3.8) is 0 Å². The van der Waals surface area contributed by atoms with Crippen LogP contribution in [0.1, 0.15) is 57.7 Å². The third-order valence-electron chi connectivity index (χ3n) is 9.20. The SMILES string of the molecule is C=CC#CCCCn1c(CN2C(=O)C3(CN(C(=O)NC4CCN(C(=O)OC(C)(C)C)CC4)C3)c3ccccc32)cc2cc(Cl)ccc21. The number of carbonyl (C=O) groups excluding carboxylic acids is 3. The van der Waals surface area contributed by atoms with Crippen LogP contribution < -0.4 is 10.2 Å². The van der Waals surface area contributed by atoms with Gasteiger partial charge in [0.05, 0.1) is 6.54 Å². The van der Waals surface area contributed by atoms with Gasteiger partial charge in [-0.2, -0.15) is 0 Å². The molecule has 6 rings (SSSR count). The molecule has 47 heavy (non-hydrogen) atoms. The largest absolute Gasteiger partial charge is 0.444 e. The molecule has 4 amide bonds. The third-order valence-corrected chi connectivity index (χ3v) is 9.44. The molecule has 1 N–H and O–H groups in total. The molecule has 0 radical (unpaired) electrons. The monoisotopic (exact) mass is 655 g/mol. The maximum atomic E-state index is 14.3. The zero-order chi connectivity index (χ0) is 33.3. The van der Waals surface area contributed by atoms with Crippen LogP contribution in [0.25, 0.3) is 10.9 Å². The number of hydrogen-bond donors (Lipinski definition) is 1. The van der Waals surface area contributed by atoms with Gasteiger partial charge >= 0.3 is 12.1 Å². The lowest BCUT2D eigenvalue weighted by Gasteiger charge is -2.47. The molecule has 246 valence electrons. The van der Waals surface area contributed by atoms with E-state index in [-0.39, 0.29) is 24.1 Å². The van der Waals surface area contributed by atoms with E-state index in [0.717, 1.165) is 47.2 Å². The van der Waals surface area contributed by atoms with Crippen LogP contribution in [0.5, 0.6) is 0 Å². The second-order valence-electron chi connectivity index (χ2n) is 13.7. The number of halogens is 1. The van der Waals surface area contributed by atoms with Crippen molar-refractivity contribution >= 4 is 46.2 Å². The van der Waals surface area contributed by atoms with Gasteiger partial charge in [-0.3, -0.25) is 4.79 Å². The molecular weight excluding hydrogens is 614 g/mol. The maximum Gasteiger partial charge on any atom is 0.410 e. The van der Waals surface area contributed by atoms with Crippen molar-refractivity contribution in [2.45, 2.75) is 76.6 Å². The average Bonchev–Trinajstić information content (AvgIpc) is 3.46. The first kappa shape index (κ1) is 32.5. The highest BCUT2D eigenvalue weighted by Gasteiger charge is 2.59. The molecule has 0 atom stereocenters. The molecule has 3 aromatic rings. The zero-order valence-corrected chi connectivity index (χ0v) is 28.1. The highest BCUT2D eigenvalue weighted by molar-refractivity contribution is 6.31. The molecule has 10 heteroatoms. The Balaban J connectivity index is 1.13. The molecule has 1 spiro atoms. The van der Waals surface area contributed by atoms with Gasteiger partial charge in [0.2, 0.25) is 5.91 Å². The number of nitrogens with zero attached hydrogens (tertiary/aromatic N) is 4. The average molecular weight is 656 g/mol. The minimum Gasteiger partial charge on any atom is -0.444 e. The van der Waals surface area contributed by atoms with Crippen molar-refractivity contribution in [2.24, 2.45) is 0 Å². The van der Waals surface area contributed by atoms with E-state index in [9.17, 15) is 14.4 Å². The Morgan fingerprint density at radius 1 is 1.11 bits per heavy atom. The number of allylic oxidation sites excluding steroid dienone is 1. The van der Waals surface area contributed by atoms with E-state index in [1.54, 1.807) is 15.9 Å². The molecule has 0 unspecified atom stereocenters. The number of benzene rings is 2. The second kappa shape index (κ2) is 13.0. The number of hydrogen-bond acceptors (Lipinski definition) is 4. The van der Waals surface area contributed by atoms with Crippen LogP contribution in [0.3, 0.4) is 0 Å². The Bertz CT molecular complexity index is 1770. The molecule has 3 aliphatic rings. The lowest BCUT2D eigenvalue weighted by atomic mass is 9.75. The molecule has 9 nitrogen and oxygen atoms in total. The van der Waals surface area contributed by atoms with Crippen LogP contribution in [0.2, 0.25) is 5.02 Å². The predicted molar refractivity (Wildman–Crippen MR) is 184 cm³/mol. The molecule has 2 aromatic carbocycles. The van der Waals surface area contributed by atoms with Gasteiger partial charge in [0.25, 0.3) is 0 Å². The topological polar surface area (TPSA) is 87.1 Å². The summed E-state index contributed by atoms with van der Waals surface area (Å²) in [6.07, 6.45) is 4.19. The number of anilines is 1. The van der Waals surface area contributed by atoms with E-state index in [0.29, 0.717) is 50.6 Å². The predicted octanol–water partition coefficient (Wildman–Crippen LogP) is 6.47. The van der Waals surface area contributed by atoms with Crippen molar-refractivity contribution in [3.8, 4) is 11.8 Å². The van der Waals surface area contributed by atoms with Gasteiger partial charge < -0.3 is 29.3 Å². The number of piperidine rings is 1. The summed E-state index contributed by atoms with van der Waals surface area (Å²) in [6.45, 7) is 12.1. The fourth-order valence-corrected chi connectivity index (χ4v) is 7.11. The zero-order valence-electron chi connectivity index (χ0n) is 27.4. The van der Waals surface area contributed by atoms with Crippen LogP contribution in [-0.2, 0) is 28.0 Å². The number of likely N-dealkylation sites (tertiary alicyclic amines) is 2. The van der Waals surface area contributed by atoms with Crippen LogP contribution in [0, 0.1) is 11.8 Å². The Morgan fingerprint density at radius 2 is 1.85 bits per heavy atom. The van der Waals surface area contributed by atoms with Gasteiger partial charge in [-0.15, -0.1) is 0 Å². The number of fused-ring (bicyclic) bond motifs is 3. The van der Waals surface area contributed by atoms with Gasteiger partial charge in [-0.05, 0) is 82.0 Å². The fourth-order valence-electron chi connectivity index (χ4n) is 6.93. The molecule has 0 bridgehead atoms. The quantitative estimate of drug-likeness (QED) is 0.244. The van der Waals surface area contributed by atoms with E-state index in [1.165, 1.54) is 0 Å². The highest BCUT2D eigenvalue weighted by Crippen LogP contribution is 2.48. The number of aromatic nitrogens is 1. The van der Waals surface area contributed by atoms with E-state index in [4.69, 9.17) is 16.3 Å². The van der Waals surface area contributed by atoms with Gasteiger partial charge in [0.1, 0.15) is 11.0 Å². The minimum atomic E-state index is -0.769. The fraction of sp³-hybridized carbons (Fsp3) is 0.432. The molecular formula is C37H42ClN5O4.